The van der Waals surface area contributed by atoms with Crippen LogP contribution in [-0.4, -0.2) is 27.7 Å². The fourth-order valence-electron chi connectivity index (χ4n) is 3.10. The first kappa shape index (κ1) is 16.7. The summed E-state index contributed by atoms with van der Waals surface area (Å²) in [6.07, 6.45) is 2.28. The van der Waals surface area contributed by atoms with Crippen molar-refractivity contribution >= 4 is 11.6 Å². The van der Waals surface area contributed by atoms with E-state index in [9.17, 15) is 4.79 Å². The van der Waals surface area contributed by atoms with Gasteiger partial charge in [0.15, 0.2) is 0 Å². The molecule has 0 amide bonds. The van der Waals surface area contributed by atoms with E-state index in [1.807, 2.05) is 18.4 Å². The number of hydrogen-bond donors (Lipinski definition) is 0. The van der Waals surface area contributed by atoms with Crippen molar-refractivity contribution in [3.05, 3.63) is 51.4 Å². The van der Waals surface area contributed by atoms with Crippen LogP contribution in [0.2, 0.25) is 0 Å². The van der Waals surface area contributed by atoms with E-state index in [0.29, 0.717) is 6.67 Å². The van der Waals surface area contributed by atoms with Gasteiger partial charge in [0.05, 0.1) is 13.3 Å². The molecule has 5 heteroatoms. The van der Waals surface area contributed by atoms with Gasteiger partial charge in [-0.15, -0.1) is 0 Å². The summed E-state index contributed by atoms with van der Waals surface area (Å²) in [5.74, 6) is 0.751. The third-order valence-electron chi connectivity index (χ3n) is 4.68. The molecule has 3 rings (SSSR count). The Morgan fingerprint density at radius 1 is 1.17 bits per heavy atom. The van der Waals surface area contributed by atoms with Gasteiger partial charge < -0.3 is 0 Å². The van der Waals surface area contributed by atoms with Crippen LogP contribution in [0.5, 0.6) is 0 Å². The highest BCUT2D eigenvalue weighted by molar-refractivity contribution is 5.59. The van der Waals surface area contributed by atoms with Crippen LogP contribution < -0.4 is 10.5 Å². The highest BCUT2D eigenvalue weighted by atomic mass is 16.1. The molecule has 0 N–H and O–H groups in total. The van der Waals surface area contributed by atoms with Gasteiger partial charge in [0.2, 0.25) is 5.95 Å². The van der Waals surface area contributed by atoms with E-state index in [2.05, 4.69) is 47.9 Å². The highest BCUT2D eigenvalue weighted by Crippen LogP contribution is 2.28. The Bertz CT molecular complexity index is 796. The molecule has 2 heterocycles. The molecule has 0 saturated heterocycles. The Hall–Kier alpha value is -2.14. The van der Waals surface area contributed by atoms with Crippen molar-refractivity contribution < 1.29 is 0 Å². The Kier molecular flexibility index (Phi) is 4.71. The number of fused-ring (bicyclic) bond motifs is 1. The minimum Gasteiger partial charge on any atom is -0.298 e. The summed E-state index contributed by atoms with van der Waals surface area (Å²) < 4.78 is 1.81. The molecule has 2 aromatic rings. The highest BCUT2D eigenvalue weighted by Gasteiger charge is 2.26. The zero-order chi connectivity index (χ0) is 17.3. The average molecular weight is 326 g/mol. The summed E-state index contributed by atoms with van der Waals surface area (Å²) in [5, 5.41) is 0. The molecule has 0 aliphatic carbocycles. The number of nitrogens with zero attached hydrogens (tertiary/aromatic N) is 4. The molecule has 5 nitrogen and oxygen atoms in total. The van der Waals surface area contributed by atoms with E-state index in [1.54, 1.807) is 0 Å². The second-order valence-corrected chi connectivity index (χ2v) is 6.65. The van der Waals surface area contributed by atoms with Crippen LogP contribution in [0.4, 0.5) is 11.6 Å². The average Bonchev–Trinajstić information content (AvgIpc) is 2.58. The predicted molar refractivity (Wildman–Crippen MR) is 97.8 cm³/mol. The largest absolute Gasteiger partial charge is 0.298 e. The number of rotatable bonds is 4. The monoisotopic (exact) mass is 326 g/mol. The summed E-state index contributed by atoms with van der Waals surface area (Å²) in [7, 11) is 0. The molecule has 0 radical (unpaired) electrons. The third kappa shape index (κ3) is 3.08. The normalized spacial score (nSPS) is 14.8. The standard InChI is InChI=1S/C19H26N4O/c1-5-6-10-21-12-22(17-9-7-8-14(2)11-17)19-20-16(4)15(3)18(24)23(19)13-21/h7-9,11H,5-6,10,12-13H2,1-4H3. The number of anilines is 2. The zero-order valence-corrected chi connectivity index (χ0v) is 15.0. The van der Waals surface area contributed by atoms with Crippen molar-refractivity contribution in [2.45, 2.75) is 47.2 Å². The summed E-state index contributed by atoms with van der Waals surface area (Å²) in [6, 6.07) is 8.37. The van der Waals surface area contributed by atoms with Crippen LogP contribution in [0.3, 0.4) is 0 Å². The molecule has 0 fully saturated rings. The maximum atomic E-state index is 12.8. The van der Waals surface area contributed by atoms with Gasteiger partial charge >= 0.3 is 0 Å². The van der Waals surface area contributed by atoms with Gasteiger partial charge in [-0.1, -0.05) is 25.5 Å². The summed E-state index contributed by atoms with van der Waals surface area (Å²) in [5.41, 5.74) is 3.90. The van der Waals surface area contributed by atoms with Crippen LogP contribution in [0.1, 0.15) is 36.6 Å². The van der Waals surface area contributed by atoms with Crippen molar-refractivity contribution in [2.24, 2.45) is 0 Å². The number of aromatic nitrogens is 2. The fourth-order valence-corrected chi connectivity index (χ4v) is 3.10. The number of unbranched alkanes of at least 4 members (excludes halogenated alkanes) is 1. The molecule has 1 aliphatic heterocycles. The summed E-state index contributed by atoms with van der Waals surface area (Å²) in [6.45, 7) is 10.4. The van der Waals surface area contributed by atoms with Gasteiger partial charge in [-0.3, -0.25) is 19.2 Å². The van der Waals surface area contributed by atoms with E-state index >= 15 is 0 Å². The minimum absolute atomic E-state index is 0.0661. The summed E-state index contributed by atoms with van der Waals surface area (Å²) in [4.78, 5) is 22.0. The van der Waals surface area contributed by atoms with Crippen LogP contribution in [0.15, 0.2) is 29.1 Å². The fraction of sp³-hybridized carbons (Fsp3) is 0.474. The van der Waals surface area contributed by atoms with E-state index in [1.165, 1.54) is 5.56 Å². The van der Waals surface area contributed by atoms with Gasteiger partial charge in [0.25, 0.3) is 5.56 Å². The van der Waals surface area contributed by atoms with Gasteiger partial charge in [0, 0.05) is 23.5 Å². The number of benzene rings is 1. The molecule has 0 spiro atoms. The van der Waals surface area contributed by atoms with Crippen molar-refractivity contribution in [2.75, 3.05) is 18.1 Å². The van der Waals surface area contributed by atoms with E-state index < -0.39 is 0 Å². The van der Waals surface area contributed by atoms with Gasteiger partial charge in [-0.25, -0.2) is 4.98 Å². The minimum atomic E-state index is 0.0661. The number of aryl methyl sites for hydroxylation is 2. The van der Waals surface area contributed by atoms with Crippen LogP contribution in [0.25, 0.3) is 0 Å². The molecular weight excluding hydrogens is 300 g/mol. The SMILES string of the molecule is CCCCN1CN(c2cccc(C)c2)c2nc(C)c(C)c(=O)n2C1. The molecule has 1 aromatic heterocycles. The first-order chi connectivity index (χ1) is 11.5. The van der Waals surface area contributed by atoms with Crippen molar-refractivity contribution in [3.8, 4) is 0 Å². The maximum absolute atomic E-state index is 12.8. The lowest BCUT2D eigenvalue weighted by molar-refractivity contribution is 0.195. The molecule has 0 unspecified atom stereocenters. The molecule has 0 saturated carbocycles. The topological polar surface area (TPSA) is 41.4 Å². The Balaban J connectivity index is 2.10. The van der Waals surface area contributed by atoms with Crippen molar-refractivity contribution in [1.29, 1.82) is 0 Å². The second kappa shape index (κ2) is 6.77. The lowest BCUT2D eigenvalue weighted by Crippen LogP contribution is -2.48. The zero-order valence-electron chi connectivity index (χ0n) is 15.0. The molecule has 1 aromatic carbocycles. The molecule has 0 atom stereocenters. The maximum Gasteiger partial charge on any atom is 0.259 e. The second-order valence-electron chi connectivity index (χ2n) is 6.65. The Morgan fingerprint density at radius 3 is 2.67 bits per heavy atom. The van der Waals surface area contributed by atoms with E-state index in [0.717, 1.165) is 48.9 Å². The predicted octanol–water partition coefficient (Wildman–Crippen LogP) is 3.34. The lowest BCUT2D eigenvalue weighted by Gasteiger charge is -2.38. The van der Waals surface area contributed by atoms with Crippen molar-refractivity contribution in [3.63, 3.8) is 0 Å². The van der Waals surface area contributed by atoms with Crippen LogP contribution >= 0.6 is 0 Å². The van der Waals surface area contributed by atoms with Gasteiger partial charge in [0.1, 0.15) is 0 Å². The molecule has 0 bridgehead atoms. The van der Waals surface area contributed by atoms with E-state index in [4.69, 9.17) is 4.98 Å². The van der Waals surface area contributed by atoms with Crippen molar-refractivity contribution in [1.82, 2.24) is 14.5 Å². The third-order valence-corrected chi connectivity index (χ3v) is 4.68. The Labute approximate surface area is 143 Å². The van der Waals surface area contributed by atoms with E-state index in [-0.39, 0.29) is 5.56 Å². The van der Waals surface area contributed by atoms with Gasteiger partial charge in [-0.05, 0) is 44.9 Å². The smallest absolute Gasteiger partial charge is 0.259 e. The summed E-state index contributed by atoms with van der Waals surface area (Å²) >= 11 is 0. The van der Waals surface area contributed by atoms with Gasteiger partial charge in [-0.2, -0.15) is 0 Å². The van der Waals surface area contributed by atoms with Crippen LogP contribution in [-0.2, 0) is 6.67 Å². The molecule has 128 valence electrons. The lowest BCUT2D eigenvalue weighted by atomic mass is 10.2. The molecule has 24 heavy (non-hydrogen) atoms. The first-order valence-corrected chi connectivity index (χ1v) is 8.66. The number of hydrogen-bond acceptors (Lipinski definition) is 4. The van der Waals surface area contributed by atoms with Crippen LogP contribution in [0, 0.1) is 20.8 Å². The molecular formula is C19H26N4O. The Morgan fingerprint density at radius 2 is 1.96 bits per heavy atom. The molecule has 1 aliphatic rings. The quantitative estimate of drug-likeness (QED) is 0.864. The first-order valence-electron chi connectivity index (χ1n) is 8.66.